The molecule has 0 aromatic rings. The SMILES string of the molecule is C=C.C=CC(C)(C)C(N)CC=O.CC(C)(C)OC=O. The van der Waals surface area contributed by atoms with Gasteiger partial charge in [0.05, 0.1) is 0 Å². The smallest absolute Gasteiger partial charge is 0.293 e. The van der Waals surface area contributed by atoms with Crippen molar-refractivity contribution in [3.8, 4) is 0 Å². The Morgan fingerprint density at radius 3 is 1.74 bits per heavy atom. The van der Waals surface area contributed by atoms with E-state index in [2.05, 4.69) is 24.5 Å². The van der Waals surface area contributed by atoms with Gasteiger partial charge in [-0.2, -0.15) is 0 Å². The van der Waals surface area contributed by atoms with Crippen LogP contribution in [0.3, 0.4) is 0 Å². The summed E-state index contributed by atoms with van der Waals surface area (Å²) in [7, 11) is 0. The molecule has 4 nitrogen and oxygen atoms in total. The lowest BCUT2D eigenvalue weighted by atomic mass is 9.84. The molecule has 0 aliphatic carbocycles. The van der Waals surface area contributed by atoms with Crippen molar-refractivity contribution in [3.63, 3.8) is 0 Å². The molecule has 0 saturated carbocycles. The molecule has 0 aliphatic rings. The first kappa shape index (κ1) is 22.7. The number of nitrogens with two attached hydrogens (primary N) is 1. The Hall–Kier alpha value is -1.42. The van der Waals surface area contributed by atoms with E-state index in [4.69, 9.17) is 5.73 Å². The van der Waals surface area contributed by atoms with Gasteiger partial charge in [0, 0.05) is 12.5 Å². The van der Waals surface area contributed by atoms with Crippen LogP contribution in [-0.2, 0) is 14.3 Å². The molecule has 0 radical (unpaired) electrons. The van der Waals surface area contributed by atoms with Crippen molar-refractivity contribution in [2.75, 3.05) is 0 Å². The molecule has 0 aliphatic heterocycles. The summed E-state index contributed by atoms with van der Waals surface area (Å²) in [5.41, 5.74) is 5.21. The highest BCUT2D eigenvalue weighted by Crippen LogP contribution is 2.21. The van der Waals surface area contributed by atoms with E-state index >= 15 is 0 Å². The molecule has 0 spiro atoms. The predicted molar refractivity (Wildman–Crippen MR) is 80.8 cm³/mol. The van der Waals surface area contributed by atoms with E-state index in [1.165, 1.54) is 0 Å². The van der Waals surface area contributed by atoms with Crippen molar-refractivity contribution in [1.82, 2.24) is 0 Å². The lowest BCUT2D eigenvalue weighted by molar-refractivity contribution is -0.138. The van der Waals surface area contributed by atoms with Crippen LogP contribution in [-0.4, -0.2) is 24.4 Å². The van der Waals surface area contributed by atoms with Crippen molar-refractivity contribution in [3.05, 3.63) is 25.8 Å². The van der Waals surface area contributed by atoms with Gasteiger partial charge in [0.15, 0.2) is 0 Å². The van der Waals surface area contributed by atoms with Crippen molar-refractivity contribution in [2.45, 2.75) is 52.7 Å². The summed E-state index contributed by atoms with van der Waals surface area (Å²) in [6.45, 7) is 19.5. The summed E-state index contributed by atoms with van der Waals surface area (Å²) in [6.07, 6.45) is 3.02. The third kappa shape index (κ3) is 16.6. The lowest BCUT2D eigenvalue weighted by Gasteiger charge is -2.26. The minimum atomic E-state index is -0.318. The van der Waals surface area contributed by atoms with Gasteiger partial charge in [-0.05, 0) is 26.2 Å². The summed E-state index contributed by atoms with van der Waals surface area (Å²) in [6, 6.07) is -0.109. The molecule has 0 heterocycles. The van der Waals surface area contributed by atoms with Gasteiger partial charge in [0.2, 0.25) is 0 Å². The van der Waals surface area contributed by atoms with Crippen molar-refractivity contribution in [2.24, 2.45) is 11.1 Å². The Kier molecular flexibility index (Phi) is 13.9. The Morgan fingerprint density at radius 1 is 1.16 bits per heavy atom. The number of hydrogen-bond acceptors (Lipinski definition) is 4. The largest absolute Gasteiger partial charge is 0.462 e. The Balaban J connectivity index is -0.000000249. The highest BCUT2D eigenvalue weighted by atomic mass is 16.5. The van der Waals surface area contributed by atoms with E-state index < -0.39 is 0 Å². The number of aldehydes is 1. The number of carbonyl (C=O) groups is 2. The van der Waals surface area contributed by atoms with E-state index in [1.807, 2.05) is 34.6 Å². The molecule has 1 atom stereocenters. The fraction of sp³-hybridized carbons (Fsp3) is 0.600. The Morgan fingerprint density at radius 2 is 1.58 bits per heavy atom. The van der Waals surface area contributed by atoms with Crippen LogP contribution in [0.1, 0.15) is 41.0 Å². The van der Waals surface area contributed by atoms with Crippen LogP contribution in [0, 0.1) is 5.41 Å². The molecule has 0 rings (SSSR count). The maximum Gasteiger partial charge on any atom is 0.293 e. The van der Waals surface area contributed by atoms with Crippen LogP contribution < -0.4 is 5.73 Å². The minimum Gasteiger partial charge on any atom is -0.462 e. The maximum absolute atomic E-state index is 10.1. The van der Waals surface area contributed by atoms with Crippen LogP contribution in [0.25, 0.3) is 0 Å². The van der Waals surface area contributed by atoms with E-state index in [1.54, 1.807) is 6.08 Å². The molecule has 19 heavy (non-hydrogen) atoms. The van der Waals surface area contributed by atoms with E-state index in [-0.39, 0.29) is 17.1 Å². The Labute approximate surface area is 117 Å². The van der Waals surface area contributed by atoms with Crippen molar-refractivity contribution in [1.29, 1.82) is 0 Å². The van der Waals surface area contributed by atoms with Crippen LogP contribution >= 0.6 is 0 Å². The van der Waals surface area contributed by atoms with Gasteiger partial charge in [-0.25, -0.2) is 0 Å². The molecular formula is C15H29NO3. The summed E-state index contributed by atoms with van der Waals surface area (Å²) < 4.78 is 4.55. The van der Waals surface area contributed by atoms with Crippen LogP contribution in [0.4, 0.5) is 0 Å². The molecule has 1 unspecified atom stereocenters. The fourth-order valence-electron chi connectivity index (χ4n) is 0.703. The second-order valence-electron chi connectivity index (χ2n) is 5.36. The third-order valence-corrected chi connectivity index (χ3v) is 2.23. The number of rotatable bonds is 5. The zero-order valence-electron chi connectivity index (χ0n) is 12.9. The first-order valence-electron chi connectivity index (χ1n) is 6.05. The maximum atomic E-state index is 10.1. The normalized spacial score (nSPS) is 11.7. The first-order valence-corrected chi connectivity index (χ1v) is 6.05. The zero-order valence-corrected chi connectivity index (χ0v) is 12.9. The molecule has 0 aromatic carbocycles. The zero-order chi connectivity index (χ0) is 16.1. The van der Waals surface area contributed by atoms with Gasteiger partial charge in [-0.3, -0.25) is 4.79 Å². The molecule has 0 aromatic heterocycles. The van der Waals surface area contributed by atoms with Gasteiger partial charge < -0.3 is 15.3 Å². The van der Waals surface area contributed by atoms with Gasteiger partial charge in [0.1, 0.15) is 11.9 Å². The predicted octanol–water partition coefficient (Wildman–Crippen LogP) is 2.88. The second-order valence-corrected chi connectivity index (χ2v) is 5.36. The average Bonchev–Trinajstić information content (AvgIpc) is 2.31. The fourth-order valence-corrected chi connectivity index (χ4v) is 0.703. The molecule has 0 bridgehead atoms. The number of ether oxygens (including phenoxy) is 1. The summed E-state index contributed by atoms with van der Waals surface area (Å²) in [4.78, 5) is 19.7. The average molecular weight is 271 g/mol. The summed E-state index contributed by atoms with van der Waals surface area (Å²) >= 11 is 0. The molecule has 112 valence electrons. The lowest BCUT2D eigenvalue weighted by Crippen LogP contribution is -2.35. The van der Waals surface area contributed by atoms with Crippen molar-refractivity contribution < 1.29 is 14.3 Å². The quantitative estimate of drug-likeness (QED) is 0.616. The molecule has 2 N–H and O–H groups in total. The number of hydrogen-bond donors (Lipinski definition) is 1. The summed E-state index contributed by atoms with van der Waals surface area (Å²) in [5.74, 6) is 0. The topological polar surface area (TPSA) is 69.4 Å². The van der Waals surface area contributed by atoms with Gasteiger partial charge in [-0.1, -0.05) is 19.9 Å². The van der Waals surface area contributed by atoms with Crippen molar-refractivity contribution >= 4 is 12.8 Å². The number of carbonyl (C=O) groups excluding carboxylic acids is 2. The Bertz CT molecular complexity index is 255. The van der Waals surface area contributed by atoms with E-state index in [0.717, 1.165) is 6.29 Å². The highest BCUT2D eigenvalue weighted by Gasteiger charge is 2.21. The van der Waals surface area contributed by atoms with Crippen LogP contribution in [0.5, 0.6) is 0 Å². The molecular weight excluding hydrogens is 242 g/mol. The first-order chi connectivity index (χ1) is 8.60. The molecule has 0 fully saturated rings. The highest BCUT2D eigenvalue weighted by molar-refractivity contribution is 5.50. The van der Waals surface area contributed by atoms with E-state index in [0.29, 0.717) is 12.9 Å². The molecule has 4 heteroatoms. The minimum absolute atomic E-state index is 0.109. The monoisotopic (exact) mass is 271 g/mol. The van der Waals surface area contributed by atoms with E-state index in [9.17, 15) is 9.59 Å². The van der Waals surface area contributed by atoms with Gasteiger partial charge in [0.25, 0.3) is 6.47 Å². The van der Waals surface area contributed by atoms with Crippen LogP contribution in [0.2, 0.25) is 0 Å². The summed E-state index contributed by atoms with van der Waals surface area (Å²) in [5, 5.41) is 0. The van der Waals surface area contributed by atoms with Gasteiger partial charge in [-0.15, -0.1) is 19.7 Å². The second kappa shape index (κ2) is 11.7. The molecule has 0 amide bonds. The standard InChI is InChI=1S/C8H15NO.C5H10O2.C2H4/c1-4-8(2,3)7(9)5-6-10;1-5(2,3)7-4-6;1-2/h4,6-7H,1,5,9H2,2-3H3;4H,1-3H3;1-2H2. The third-order valence-electron chi connectivity index (χ3n) is 2.23. The van der Waals surface area contributed by atoms with Crippen LogP contribution in [0.15, 0.2) is 25.8 Å². The molecule has 0 saturated heterocycles. The van der Waals surface area contributed by atoms with Gasteiger partial charge >= 0.3 is 0 Å².